The number of benzene rings is 2. The summed E-state index contributed by atoms with van der Waals surface area (Å²) in [7, 11) is 0. The molecule has 0 saturated heterocycles. The van der Waals surface area contributed by atoms with Crippen LogP contribution >= 0.6 is 0 Å². The Balaban J connectivity index is 2.32. The van der Waals surface area contributed by atoms with Crippen molar-refractivity contribution in [3.8, 4) is 11.1 Å². The second kappa shape index (κ2) is 4.42. The summed E-state index contributed by atoms with van der Waals surface area (Å²) in [5.41, 5.74) is 3.23. The van der Waals surface area contributed by atoms with Crippen LogP contribution < -0.4 is 0 Å². The van der Waals surface area contributed by atoms with E-state index >= 15 is 0 Å². The maximum atomic E-state index is 8.38. The first kappa shape index (κ1) is 9.46. The molecule has 0 unspecified atom stereocenters. The molecule has 74 valence electrons. The summed E-state index contributed by atoms with van der Waals surface area (Å²) in [5.74, 6) is 0. The SMILES string of the molecule is O/N=C\c1ccc(-c2ccccc2)cc1. The van der Waals surface area contributed by atoms with Crippen LogP contribution in [0.3, 0.4) is 0 Å². The molecule has 2 nitrogen and oxygen atoms in total. The second-order valence-electron chi connectivity index (χ2n) is 3.23. The summed E-state index contributed by atoms with van der Waals surface area (Å²) in [6.45, 7) is 0. The van der Waals surface area contributed by atoms with E-state index in [0.29, 0.717) is 0 Å². The fourth-order valence-electron chi connectivity index (χ4n) is 1.46. The van der Waals surface area contributed by atoms with Gasteiger partial charge in [0.2, 0.25) is 0 Å². The Hall–Kier alpha value is -2.09. The Morgan fingerprint density at radius 3 is 2.00 bits per heavy atom. The van der Waals surface area contributed by atoms with Crippen molar-refractivity contribution in [2.45, 2.75) is 0 Å². The molecule has 0 fully saturated rings. The van der Waals surface area contributed by atoms with E-state index in [1.807, 2.05) is 42.5 Å². The van der Waals surface area contributed by atoms with Crippen LogP contribution in [0.2, 0.25) is 0 Å². The smallest absolute Gasteiger partial charge is 0.0733 e. The molecule has 0 aliphatic rings. The predicted molar refractivity (Wildman–Crippen MR) is 61.3 cm³/mol. The van der Waals surface area contributed by atoms with Crippen molar-refractivity contribution in [2.24, 2.45) is 5.16 Å². The van der Waals surface area contributed by atoms with Gasteiger partial charge in [-0.3, -0.25) is 0 Å². The van der Waals surface area contributed by atoms with Crippen LogP contribution in [0.4, 0.5) is 0 Å². The lowest BCUT2D eigenvalue weighted by Gasteiger charge is -2.00. The van der Waals surface area contributed by atoms with Gasteiger partial charge in [-0.1, -0.05) is 59.8 Å². The third-order valence-corrected chi connectivity index (χ3v) is 2.22. The minimum atomic E-state index is 0.886. The van der Waals surface area contributed by atoms with Gasteiger partial charge in [0.1, 0.15) is 0 Å². The molecular weight excluding hydrogens is 186 g/mol. The van der Waals surface area contributed by atoms with Gasteiger partial charge in [0.15, 0.2) is 0 Å². The Morgan fingerprint density at radius 1 is 0.800 bits per heavy atom. The summed E-state index contributed by atoms with van der Waals surface area (Å²) in [4.78, 5) is 0. The monoisotopic (exact) mass is 197 g/mol. The van der Waals surface area contributed by atoms with E-state index < -0.39 is 0 Å². The zero-order valence-corrected chi connectivity index (χ0v) is 8.17. The van der Waals surface area contributed by atoms with Crippen molar-refractivity contribution in [3.63, 3.8) is 0 Å². The van der Waals surface area contributed by atoms with Gasteiger partial charge < -0.3 is 5.21 Å². The molecule has 2 aromatic carbocycles. The summed E-state index contributed by atoms with van der Waals surface area (Å²) in [5, 5.41) is 11.4. The summed E-state index contributed by atoms with van der Waals surface area (Å²) < 4.78 is 0. The Morgan fingerprint density at radius 2 is 1.40 bits per heavy atom. The standard InChI is InChI=1S/C13H11NO/c15-14-10-11-6-8-13(9-7-11)12-4-2-1-3-5-12/h1-10,15H/b14-10-. The molecule has 0 bridgehead atoms. The average molecular weight is 197 g/mol. The van der Waals surface area contributed by atoms with Crippen molar-refractivity contribution >= 4 is 6.21 Å². The lowest BCUT2D eigenvalue weighted by molar-refractivity contribution is 0.322. The van der Waals surface area contributed by atoms with Gasteiger partial charge in [-0.2, -0.15) is 0 Å². The average Bonchev–Trinajstić information content (AvgIpc) is 2.32. The highest BCUT2D eigenvalue weighted by atomic mass is 16.4. The van der Waals surface area contributed by atoms with Gasteiger partial charge in [0, 0.05) is 0 Å². The molecule has 0 heterocycles. The van der Waals surface area contributed by atoms with Gasteiger partial charge in [-0.25, -0.2) is 0 Å². The van der Waals surface area contributed by atoms with Crippen molar-refractivity contribution in [1.82, 2.24) is 0 Å². The molecule has 0 aromatic heterocycles. The Labute approximate surface area is 88.5 Å². The zero-order valence-electron chi connectivity index (χ0n) is 8.17. The van der Waals surface area contributed by atoms with Crippen molar-refractivity contribution in [2.75, 3.05) is 0 Å². The summed E-state index contributed by atoms with van der Waals surface area (Å²) in [6, 6.07) is 18.0. The first-order valence-corrected chi connectivity index (χ1v) is 4.73. The van der Waals surface area contributed by atoms with Crippen LogP contribution in [0.25, 0.3) is 11.1 Å². The lowest BCUT2D eigenvalue weighted by Crippen LogP contribution is -1.81. The van der Waals surface area contributed by atoms with Crippen LogP contribution in [0.5, 0.6) is 0 Å². The molecule has 0 radical (unpaired) electrons. The molecule has 2 heteroatoms. The van der Waals surface area contributed by atoms with Crippen LogP contribution in [-0.2, 0) is 0 Å². The van der Waals surface area contributed by atoms with Gasteiger partial charge in [0.05, 0.1) is 6.21 Å². The highest BCUT2D eigenvalue weighted by Crippen LogP contribution is 2.18. The first-order valence-electron chi connectivity index (χ1n) is 4.73. The van der Waals surface area contributed by atoms with Crippen LogP contribution in [-0.4, -0.2) is 11.4 Å². The van der Waals surface area contributed by atoms with E-state index in [2.05, 4.69) is 17.3 Å². The topological polar surface area (TPSA) is 32.6 Å². The van der Waals surface area contributed by atoms with Gasteiger partial charge >= 0.3 is 0 Å². The second-order valence-corrected chi connectivity index (χ2v) is 3.23. The third-order valence-electron chi connectivity index (χ3n) is 2.22. The van der Waals surface area contributed by atoms with Crippen LogP contribution in [0, 0.1) is 0 Å². The fraction of sp³-hybridized carbons (Fsp3) is 0. The molecule has 0 aliphatic heterocycles. The van der Waals surface area contributed by atoms with E-state index in [0.717, 1.165) is 11.1 Å². The quantitative estimate of drug-likeness (QED) is 0.447. The number of rotatable bonds is 2. The number of hydrogen-bond donors (Lipinski definition) is 1. The maximum absolute atomic E-state index is 8.38. The van der Waals surface area contributed by atoms with Gasteiger partial charge in [-0.05, 0) is 16.7 Å². The van der Waals surface area contributed by atoms with Crippen molar-refractivity contribution < 1.29 is 5.21 Å². The number of hydrogen-bond acceptors (Lipinski definition) is 2. The minimum Gasteiger partial charge on any atom is -0.411 e. The van der Waals surface area contributed by atoms with E-state index in [1.165, 1.54) is 11.8 Å². The fourth-order valence-corrected chi connectivity index (χ4v) is 1.46. The van der Waals surface area contributed by atoms with Gasteiger partial charge in [-0.15, -0.1) is 0 Å². The molecule has 2 aromatic rings. The van der Waals surface area contributed by atoms with E-state index in [-0.39, 0.29) is 0 Å². The largest absolute Gasteiger partial charge is 0.411 e. The normalized spacial score (nSPS) is 10.7. The summed E-state index contributed by atoms with van der Waals surface area (Å²) in [6.07, 6.45) is 1.41. The molecule has 0 amide bonds. The van der Waals surface area contributed by atoms with E-state index in [4.69, 9.17) is 5.21 Å². The van der Waals surface area contributed by atoms with Crippen molar-refractivity contribution in [3.05, 3.63) is 60.2 Å². The summed E-state index contributed by atoms with van der Waals surface area (Å²) >= 11 is 0. The number of nitrogens with zero attached hydrogens (tertiary/aromatic N) is 1. The molecule has 15 heavy (non-hydrogen) atoms. The van der Waals surface area contributed by atoms with Crippen molar-refractivity contribution in [1.29, 1.82) is 0 Å². The molecule has 0 atom stereocenters. The maximum Gasteiger partial charge on any atom is 0.0733 e. The molecule has 2 rings (SSSR count). The Bertz CT molecular complexity index is 446. The predicted octanol–water partition coefficient (Wildman–Crippen LogP) is 3.16. The molecule has 0 aliphatic carbocycles. The first-order chi connectivity index (χ1) is 7.40. The lowest BCUT2D eigenvalue weighted by atomic mass is 10.0. The zero-order chi connectivity index (χ0) is 10.5. The molecule has 1 N–H and O–H groups in total. The third kappa shape index (κ3) is 2.23. The highest BCUT2D eigenvalue weighted by Gasteiger charge is 1.95. The molecule has 0 saturated carbocycles. The van der Waals surface area contributed by atoms with Crippen LogP contribution in [0.1, 0.15) is 5.56 Å². The minimum absolute atomic E-state index is 0.886. The molecular formula is C13H11NO. The van der Waals surface area contributed by atoms with E-state index in [1.54, 1.807) is 0 Å². The number of oxime groups is 1. The van der Waals surface area contributed by atoms with Crippen LogP contribution in [0.15, 0.2) is 59.8 Å². The Kier molecular flexibility index (Phi) is 2.79. The molecule has 0 spiro atoms. The van der Waals surface area contributed by atoms with Gasteiger partial charge in [0.25, 0.3) is 0 Å². The highest BCUT2D eigenvalue weighted by molar-refractivity contribution is 5.80. The van der Waals surface area contributed by atoms with E-state index in [9.17, 15) is 0 Å².